The van der Waals surface area contributed by atoms with Crippen LogP contribution in [0.4, 0.5) is 5.69 Å². The third-order valence-corrected chi connectivity index (χ3v) is 3.56. The third-order valence-electron chi connectivity index (χ3n) is 3.56. The lowest BCUT2D eigenvalue weighted by molar-refractivity contribution is 0.362. The Hall–Kier alpha value is -0.980. The van der Waals surface area contributed by atoms with Gasteiger partial charge in [-0.3, -0.25) is 0 Å². The molecule has 0 amide bonds. The molecule has 2 atom stereocenters. The maximum atomic E-state index is 3.49. The first-order chi connectivity index (χ1) is 6.70. The minimum absolute atomic E-state index is 0.700. The monoisotopic (exact) mass is 189 g/mol. The molecule has 0 radical (unpaired) electrons. The van der Waals surface area contributed by atoms with Crippen LogP contribution >= 0.6 is 0 Å². The van der Waals surface area contributed by atoms with Gasteiger partial charge in [0.1, 0.15) is 0 Å². The molecule has 0 bridgehead atoms. The standard InChI is InChI=1S/C13H19N/c1-9(2)10(3)12-8-14-13-7-5-4-6-11(12)13/h4-7,9-10,12,14H,8H2,1-3H3. The highest BCUT2D eigenvalue weighted by molar-refractivity contribution is 5.57. The topological polar surface area (TPSA) is 12.0 Å². The fraction of sp³-hybridized carbons (Fsp3) is 0.538. The molecule has 2 unspecified atom stereocenters. The molecule has 0 aliphatic carbocycles. The first kappa shape index (κ1) is 9.57. The Morgan fingerprint density at radius 1 is 1.21 bits per heavy atom. The van der Waals surface area contributed by atoms with Crippen molar-refractivity contribution in [2.24, 2.45) is 11.8 Å². The van der Waals surface area contributed by atoms with Gasteiger partial charge < -0.3 is 5.32 Å². The summed E-state index contributed by atoms with van der Waals surface area (Å²) in [6.07, 6.45) is 0. The predicted octanol–water partition coefficient (Wildman–Crippen LogP) is 3.49. The van der Waals surface area contributed by atoms with Crippen molar-refractivity contribution in [2.75, 3.05) is 11.9 Å². The summed E-state index contributed by atoms with van der Waals surface area (Å²) in [5, 5.41) is 3.49. The summed E-state index contributed by atoms with van der Waals surface area (Å²) in [6.45, 7) is 8.09. The van der Waals surface area contributed by atoms with Crippen LogP contribution in [0, 0.1) is 11.8 Å². The molecule has 0 saturated heterocycles. The van der Waals surface area contributed by atoms with Crippen molar-refractivity contribution >= 4 is 5.69 Å². The maximum Gasteiger partial charge on any atom is 0.0376 e. The second-order valence-corrected chi connectivity index (χ2v) is 4.68. The summed E-state index contributed by atoms with van der Waals surface area (Å²) < 4.78 is 0. The summed E-state index contributed by atoms with van der Waals surface area (Å²) in [5.41, 5.74) is 2.85. The van der Waals surface area contributed by atoms with Crippen LogP contribution in [0.2, 0.25) is 0 Å². The zero-order valence-electron chi connectivity index (χ0n) is 9.25. The highest BCUT2D eigenvalue weighted by atomic mass is 14.9. The number of anilines is 1. The summed E-state index contributed by atoms with van der Waals surface area (Å²) in [7, 11) is 0. The summed E-state index contributed by atoms with van der Waals surface area (Å²) >= 11 is 0. The van der Waals surface area contributed by atoms with E-state index < -0.39 is 0 Å². The number of rotatable bonds is 2. The van der Waals surface area contributed by atoms with E-state index in [0.717, 1.165) is 18.4 Å². The lowest BCUT2D eigenvalue weighted by atomic mass is 9.82. The van der Waals surface area contributed by atoms with Gasteiger partial charge in [0.05, 0.1) is 0 Å². The minimum Gasteiger partial charge on any atom is -0.384 e. The Morgan fingerprint density at radius 3 is 2.64 bits per heavy atom. The van der Waals surface area contributed by atoms with E-state index in [1.165, 1.54) is 11.3 Å². The van der Waals surface area contributed by atoms with Crippen LogP contribution < -0.4 is 5.32 Å². The van der Waals surface area contributed by atoms with Crippen LogP contribution in [0.1, 0.15) is 32.3 Å². The number of benzene rings is 1. The van der Waals surface area contributed by atoms with Crippen LogP contribution in [0.3, 0.4) is 0 Å². The zero-order chi connectivity index (χ0) is 10.1. The molecule has 1 heteroatoms. The lowest BCUT2D eigenvalue weighted by Gasteiger charge is -2.22. The van der Waals surface area contributed by atoms with Crippen molar-refractivity contribution in [1.29, 1.82) is 0 Å². The lowest BCUT2D eigenvalue weighted by Crippen LogP contribution is -2.16. The van der Waals surface area contributed by atoms with Crippen molar-refractivity contribution < 1.29 is 0 Å². The van der Waals surface area contributed by atoms with E-state index in [1.54, 1.807) is 0 Å². The highest BCUT2D eigenvalue weighted by Gasteiger charge is 2.27. The Bertz CT molecular complexity index is 317. The molecule has 0 aromatic heterocycles. The fourth-order valence-electron chi connectivity index (χ4n) is 2.24. The molecule has 1 aromatic rings. The molecule has 76 valence electrons. The van der Waals surface area contributed by atoms with E-state index in [9.17, 15) is 0 Å². The van der Waals surface area contributed by atoms with Gasteiger partial charge in [-0.2, -0.15) is 0 Å². The molecule has 1 heterocycles. The van der Waals surface area contributed by atoms with Gasteiger partial charge in [0, 0.05) is 18.2 Å². The molecular weight excluding hydrogens is 170 g/mol. The van der Waals surface area contributed by atoms with E-state index in [-0.39, 0.29) is 0 Å². The first-order valence-electron chi connectivity index (χ1n) is 5.53. The largest absolute Gasteiger partial charge is 0.384 e. The van der Waals surface area contributed by atoms with E-state index >= 15 is 0 Å². The SMILES string of the molecule is CC(C)C(C)C1CNc2ccccc21. The molecule has 14 heavy (non-hydrogen) atoms. The minimum atomic E-state index is 0.700. The van der Waals surface area contributed by atoms with Crippen LogP contribution in [0.5, 0.6) is 0 Å². The number of para-hydroxylation sites is 1. The molecule has 1 aliphatic heterocycles. The molecular formula is C13H19N. The van der Waals surface area contributed by atoms with E-state index in [0.29, 0.717) is 5.92 Å². The number of hydrogen-bond acceptors (Lipinski definition) is 1. The van der Waals surface area contributed by atoms with Gasteiger partial charge in [-0.15, -0.1) is 0 Å². The normalized spacial score (nSPS) is 21.9. The number of fused-ring (bicyclic) bond motifs is 1. The second-order valence-electron chi connectivity index (χ2n) is 4.68. The molecule has 2 rings (SSSR count). The van der Waals surface area contributed by atoms with E-state index in [1.807, 2.05) is 0 Å². The fourth-order valence-corrected chi connectivity index (χ4v) is 2.24. The van der Waals surface area contributed by atoms with Crippen LogP contribution in [-0.2, 0) is 0 Å². The predicted molar refractivity (Wildman–Crippen MR) is 61.7 cm³/mol. The van der Waals surface area contributed by atoms with Crippen LogP contribution in [0.15, 0.2) is 24.3 Å². The Labute approximate surface area is 86.5 Å². The Balaban J connectivity index is 2.26. The summed E-state index contributed by atoms with van der Waals surface area (Å²) in [6, 6.07) is 8.70. The highest BCUT2D eigenvalue weighted by Crippen LogP contribution is 2.38. The first-order valence-corrected chi connectivity index (χ1v) is 5.53. The van der Waals surface area contributed by atoms with Crippen molar-refractivity contribution in [1.82, 2.24) is 0 Å². The van der Waals surface area contributed by atoms with E-state index in [2.05, 4.69) is 50.4 Å². The van der Waals surface area contributed by atoms with Gasteiger partial charge >= 0.3 is 0 Å². The van der Waals surface area contributed by atoms with Gasteiger partial charge in [0.2, 0.25) is 0 Å². The number of nitrogens with one attached hydrogen (secondary N) is 1. The average Bonchev–Trinajstić information content (AvgIpc) is 2.60. The molecule has 0 fully saturated rings. The Kier molecular flexibility index (Phi) is 2.49. The van der Waals surface area contributed by atoms with Gasteiger partial charge in [-0.1, -0.05) is 39.0 Å². The summed E-state index contributed by atoms with van der Waals surface area (Å²) in [4.78, 5) is 0. The van der Waals surface area contributed by atoms with Crippen LogP contribution in [0.25, 0.3) is 0 Å². The Morgan fingerprint density at radius 2 is 1.93 bits per heavy atom. The van der Waals surface area contributed by atoms with Crippen molar-refractivity contribution in [3.63, 3.8) is 0 Å². The van der Waals surface area contributed by atoms with Crippen molar-refractivity contribution in [3.8, 4) is 0 Å². The molecule has 1 aliphatic rings. The second kappa shape index (κ2) is 3.64. The maximum absolute atomic E-state index is 3.49. The zero-order valence-corrected chi connectivity index (χ0v) is 9.25. The third kappa shape index (κ3) is 1.52. The van der Waals surface area contributed by atoms with Gasteiger partial charge in [-0.05, 0) is 23.5 Å². The quantitative estimate of drug-likeness (QED) is 0.751. The van der Waals surface area contributed by atoms with Gasteiger partial charge in [0.25, 0.3) is 0 Å². The van der Waals surface area contributed by atoms with Gasteiger partial charge in [-0.25, -0.2) is 0 Å². The molecule has 1 N–H and O–H groups in total. The molecule has 1 aromatic carbocycles. The molecule has 0 saturated carbocycles. The summed E-state index contributed by atoms with van der Waals surface area (Å²) in [5.74, 6) is 2.21. The van der Waals surface area contributed by atoms with E-state index in [4.69, 9.17) is 0 Å². The average molecular weight is 189 g/mol. The molecule has 0 spiro atoms. The van der Waals surface area contributed by atoms with Crippen molar-refractivity contribution in [3.05, 3.63) is 29.8 Å². The number of hydrogen-bond donors (Lipinski definition) is 1. The molecule has 1 nitrogen and oxygen atoms in total. The van der Waals surface area contributed by atoms with Crippen LogP contribution in [-0.4, -0.2) is 6.54 Å². The van der Waals surface area contributed by atoms with Crippen molar-refractivity contribution in [2.45, 2.75) is 26.7 Å². The van der Waals surface area contributed by atoms with Gasteiger partial charge in [0.15, 0.2) is 0 Å². The smallest absolute Gasteiger partial charge is 0.0376 e.